The van der Waals surface area contributed by atoms with E-state index in [4.69, 9.17) is 10.5 Å². The lowest BCUT2D eigenvalue weighted by Crippen LogP contribution is -2.16. The summed E-state index contributed by atoms with van der Waals surface area (Å²) >= 11 is 0. The molecule has 0 aliphatic carbocycles. The van der Waals surface area contributed by atoms with Crippen LogP contribution in [-0.2, 0) is 6.54 Å². The van der Waals surface area contributed by atoms with Crippen LogP contribution in [0.3, 0.4) is 0 Å². The van der Waals surface area contributed by atoms with Gasteiger partial charge in [-0.1, -0.05) is 44.2 Å². The van der Waals surface area contributed by atoms with Gasteiger partial charge in [0.1, 0.15) is 11.5 Å². The molecule has 0 aliphatic heterocycles. The zero-order valence-corrected chi connectivity index (χ0v) is 15.9. The molecule has 4 nitrogen and oxygen atoms in total. The van der Waals surface area contributed by atoms with E-state index in [9.17, 15) is 4.79 Å². The number of fused-ring (bicyclic) bond motifs is 1. The molecule has 3 aromatic rings. The minimum atomic E-state index is -0.443. The normalized spacial score (nSPS) is 11.1. The Balaban J connectivity index is 1.80. The Morgan fingerprint density at radius 1 is 1.00 bits per heavy atom. The predicted molar refractivity (Wildman–Crippen MR) is 110 cm³/mol. The summed E-state index contributed by atoms with van der Waals surface area (Å²) in [6, 6.07) is 19.2. The number of ether oxygens (including phenoxy) is 1. The van der Waals surface area contributed by atoms with Crippen molar-refractivity contribution in [3.63, 3.8) is 0 Å². The number of amides is 1. The van der Waals surface area contributed by atoms with Gasteiger partial charge < -0.3 is 15.8 Å². The summed E-state index contributed by atoms with van der Waals surface area (Å²) in [5.74, 6) is 1.73. The van der Waals surface area contributed by atoms with Crippen LogP contribution in [0.4, 0.5) is 0 Å². The lowest BCUT2D eigenvalue weighted by Gasteiger charge is -2.13. The minimum absolute atomic E-state index is 0.443. The number of carbonyl (C=O) groups excluding carboxylic acids is 1. The van der Waals surface area contributed by atoms with Gasteiger partial charge in [0.05, 0.1) is 0 Å². The van der Waals surface area contributed by atoms with E-state index in [1.807, 2.05) is 18.2 Å². The molecule has 0 aromatic heterocycles. The Labute approximate surface area is 160 Å². The first-order valence-corrected chi connectivity index (χ1v) is 9.33. The summed E-state index contributed by atoms with van der Waals surface area (Å²) in [5.41, 5.74) is 7.01. The second-order valence-electron chi connectivity index (χ2n) is 7.12. The number of primary amides is 1. The Kier molecular flexibility index (Phi) is 6.09. The first kappa shape index (κ1) is 18.9. The molecule has 3 N–H and O–H groups in total. The predicted octanol–water partition coefficient (Wildman–Crippen LogP) is 4.87. The molecule has 0 atom stereocenters. The van der Waals surface area contributed by atoms with Gasteiger partial charge in [-0.2, -0.15) is 0 Å². The first-order chi connectivity index (χ1) is 13.0. The number of carbonyl (C=O) groups is 1. The van der Waals surface area contributed by atoms with Crippen LogP contribution in [-0.4, -0.2) is 12.5 Å². The van der Waals surface area contributed by atoms with Crippen molar-refractivity contribution in [3.8, 4) is 11.5 Å². The standard InChI is InChI=1S/C23H26N2O2/c1-16(2)13-14-25-15-18-9-12-22(21-6-4-3-5-20(18)21)27-19-10-7-17(8-11-19)23(24)26/h3-12,16,25H,13-15H2,1-2H3,(H2,24,26). The fourth-order valence-electron chi connectivity index (χ4n) is 3.00. The van der Waals surface area contributed by atoms with E-state index < -0.39 is 5.91 Å². The molecule has 0 radical (unpaired) electrons. The number of nitrogens with two attached hydrogens (primary N) is 1. The van der Waals surface area contributed by atoms with Crippen LogP contribution in [0.2, 0.25) is 0 Å². The summed E-state index contributed by atoms with van der Waals surface area (Å²) in [4.78, 5) is 11.2. The number of rotatable bonds is 8. The van der Waals surface area contributed by atoms with E-state index in [0.29, 0.717) is 17.2 Å². The third-order valence-electron chi connectivity index (χ3n) is 4.55. The SMILES string of the molecule is CC(C)CCNCc1ccc(Oc2ccc(C(N)=O)cc2)c2ccccc12. The molecule has 3 aromatic carbocycles. The highest BCUT2D eigenvalue weighted by atomic mass is 16.5. The fraction of sp³-hybridized carbons (Fsp3) is 0.261. The third-order valence-corrected chi connectivity index (χ3v) is 4.55. The Morgan fingerprint density at radius 3 is 2.37 bits per heavy atom. The van der Waals surface area contributed by atoms with E-state index in [1.54, 1.807) is 24.3 Å². The molecule has 3 rings (SSSR count). The van der Waals surface area contributed by atoms with Crippen LogP contribution in [0.5, 0.6) is 11.5 Å². The third kappa shape index (κ3) is 4.86. The molecule has 0 aliphatic rings. The highest BCUT2D eigenvalue weighted by Crippen LogP contribution is 2.32. The zero-order valence-electron chi connectivity index (χ0n) is 15.9. The van der Waals surface area contributed by atoms with Crippen molar-refractivity contribution in [1.82, 2.24) is 5.32 Å². The lowest BCUT2D eigenvalue weighted by atomic mass is 10.0. The van der Waals surface area contributed by atoms with Crippen LogP contribution < -0.4 is 15.8 Å². The Morgan fingerprint density at radius 2 is 1.70 bits per heavy atom. The van der Waals surface area contributed by atoms with Crippen LogP contribution in [0.15, 0.2) is 60.7 Å². The summed E-state index contributed by atoms with van der Waals surface area (Å²) in [7, 11) is 0. The van der Waals surface area contributed by atoms with Gasteiger partial charge in [-0.15, -0.1) is 0 Å². The second kappa shape index (κ2) is 8.69. The maximum absolute atomic E-state index is 11.2. The average Bonchev–Trinajstić information content (AvgIpc) is 2.67. The molecule has 1 amide bonds. The van der Waals surface area contributed by atoms with Gasteiger partial charge in [-0.25, -0.2) is 0 Å². The zero-order chi connectivity index (χ0) is 19.2. The van der Waals surface area contributed by atoms with E-state index in [2.05, 4.69) is 37.4 Å². The van der Waals surface area contributed by atoms with Crippen molar-refractivity contribution in [3.05, 3.63) is 71.8 Å². The molecule has 0 spiro atoms. The quantitative estimate of drug-likeness (QED) is 0.562. The molecule has 27 heavy (non-hydrogen) atoms. The molecule has 0 unspecified atom stereocenters. The van der Waals surface area contributed by atoms with Gasteiger partial charge >= 0.3 is 0 Å². The number of nitrogens with one attached hydrogen (secondary N) is 1. The number of hydrogen-bond donors (Lipinski definition) is 2. The second-order valence-corrected chi connectivity index (χ2v) is 7.12. The van der Waals surface area contributed by atoms with Crippen LogP contribution in [0, 0.1) is 5.92 Å². The molecular formula is C23H26N2O2. The van der Waals surface area contributed by atoms with Crippen molar-refractivity contribution in [2.45, 2.75) is 26.8 Å². The maximum Gasteiger partial charge on any atom is 0.248 e. The van der Waals surface area contributed by atoms with Crippen molar-refractivity contribution >= 4 is 16.7 Å². The molecule has 140 valence electrons. The van der Waals surface area contributed by atoms with Crippen LogP contribution in [0.1, 0.15) is 36.2 Å². The largest absolute Gasteiger partial charge is 0.457 e. The van der Waals surface area contributed by atoms with Crippen LogP contribution in [0.25, 0.3) is 10.8 Å². The first-order valence-electron chi connectivity index (χ1n) is 9.33. The summed E-state index contributed by atoms with van der Waals surface area (Å²) < 4.78 is 6.07. The maximum atomic E-state index is 11.2. The topological polar surface area (TPSA) is 64.3 Å². The van der Waals surface area contributed by atoms with E-state index in [0.717, 1.165) is 24.2 Å². The monoisotopic (exact) mass is 362 g/mol. The van der Waals surface area contributed by atoms with Crippen LogP contribution >= 0.6 is 0 Å². The summed E-state index contributed by atoms with van der Waals surface area (Å²) in [5, 5.41) is 5.78. The Hall–Kier alpha value is -2.85. The molecular weight excluding hydrogens is 336 g/mol. The van der Waals surface area contributed by atoms with Crippen molar-refractivity contribution in [1.29, 1.82) is 0 Å². The summed E-state index contributed by atoms with van der Waals surface area (Å²) in [6.07, 6.45) is 1.17. The van der Waals surface area contributed by atoms with Gasteiger partial charge in [0, 0.05) is 17.5 Å². The van der Waals surface area contributed by atoms with Gasteiger partial charge in [-0.3, -0.25) is 4.79 Å². The highest BCUT2D eigenvalue weighted by Gasteiger charge is 2.08. The van der Waals surface area contributed by atoms with E-state index >= 15 is 0 Å². The molecule has 0 saturated heterocycles. The Bertz CT molecular complexity index is 917. The minimum Gasteiger partial charge on any atom is -0.457 e. The van der Waals surface area contributed by atoms with Crippen molar-refractivity contribution in [2.75, 3.05) is 6.54 Å². The van der Waals surface area contributed by atoms with E-state index in [-0.39, 0.29) is 0 Å². The van der Waals surface area contributed by atoms with Crippen molar-refractivity contribution in [2.24, 2.45) is 11.7 Å². The summed E-state index contributed by atoms with van der Waals surface area (Å²) in [6.45, 7) is 6.32. The lowest BCUT2D eigenvalue weighted by molar-refractivity contribution is 0.100. The fourth-order valence-corrected chi connectivity index (χ4v) is 3.00. The number of benzene rings is 3. The van der Waals surface area contributed by atoms with Gasteiger partial charge in [-0.05, 0) is 60.2 Å². The van der Waals surface area contributed by atoms with Crippen molar-refractivity contribution < 1.29 is 9.53 Å². The molecule has 0 fully saturated rings. The molecule has 0 heterocycles. The highest BCUT2D eigenvalue weighted by molar-refractivity contribution is 5.93. The average molecular weight is 362 g/mol. The molecule has 0 saturated carbocycles. The van der Waals surface area contributed by atoms with Gasteiger partial charge in [0.25, 0.3) is 0 Å². The smallest absolute Gasteiger partial charge is 0.248 e. The van der Waals surface area contributed by atoms with Gasteiger partial charge in [0.15, 0.2) is 0 Å². The van der Waals surface area contributed by atoms with Gasteiger partial charge in [0.2, 0.25) is 5.91 Å². The number of hydrogen-bond acceptors (Lipinski definition) is 3. The van der Waals surface area contributed by atoms with E-state index in [1.165, 1.54) is 17.4 Å². The molecule has 0 bridgehead atoms. The molecule has 4 heteroatoms.